The van der Waals surface area contributed by atoms with Crippen molar-refractivity contribution in [2.45, 2.75) is 12.1 Å². The molecule has 3 rings (SSSR count). The van der Waals surface area contributed by atoms with Gasteiger partial charge >= 0.3 is 0 Å². The van der Waals surface area contributed by atoms with E-state index in [2.05, 4.69) is 33.4 Å². The van der Waals surface area contributed by atoms with E-state index in [0.717, 1.165) is 10.0 Å². The van der Waals surface area contributed by atoms with E-state index in [1.165, 1.54) is 17.7 Å². The molecule has 0 bridgehead atoms. The van der Waals surface area contributed by atoms with Gasteiger partial charge in [0.25, 0.3) is 0 Å². The van der Waals surface area contributed by atoms with Crippen LogP contribution in [0.25, 0.3) is 0 Å². The Bertz CT molecular complexity index is 471. The highest BCUT2D eigenvalue weighted by Crippen LogP contribution is 2.42. The lowest BCUT2D eigenvalue weighted by molar-refractivity contribution is 0.627. The third-order valence-corrected chi connectivity index (χ3v) is 3.57. The summed E-state index contributed by atoms with van der Waals surface area (Å²) in [5.74, 6) is -0.186. The van der Waals surface area contributed by atoms with Crippen LogP contribution in [-0.4, -0.2) is 0 Å². The van der Waals surface area contributed by atoms with Crippen LogP contribution in [0.4, 0.5) is 4.39 Å². The molecule has 0 saturated carbocycles. The highest BCUT2D eigenvalue weighted by molar-refractivity contribution is 9.10. The van der Waals surface area contributed by atoms with Gasteiger partial charge in [0.1, 0.15) is 5.82 Å². The van der Waals surface area contributed by atoms with Crippen molar-refractivity contribution in [2.75, 3.05) is 0 Å². The third-order valence-electron chi connectivity index (χ3n) is 3.04. The molecule has 17 heavy (non-hydrogen) atoms. The van der Waals surface area contributed by atoms with Crippen LogP contribution in [0.2, 0.25) is 0 Å². The molecule has 1 aliphatic heterocycles. The Hall–Kier alpha value is -1.19. The third kappa shape index (κ3) is 2.26. The van der Waals surface area contributed by atoms with Crippen LogP contribution in [0.15, 0.2) is 53.0 Å². The maximum absolute atomic E-state index is 12.8. The first kappa shape index (κ1) is 10.9. The van der Waals surface area contributed by atoms with Gasteiger partial charge in [-0.05, 0) is 35.4 Å². The van der Waals surface area contributed by atoms with Gasteiger partial charge < -0.3 is 0 Å². The Balaban J connectivity index is 1.78. The molecular weight excluding hydrogens is 281 g/mol. The summed E-state index contributed by atoms with van der Waals surface area (Å²) in [6.07, 6.45) is 0. The van der Waals surface area contributed by atoms with E-state index in [-0.39, 0.29) is 5.82 Å². The number of benzene rings is 2. The zero-order chi connectivity index (χ0) is 11.8. The second-order valence-corrected chi connectivity index (χ2v) is 5.14. The molecule has 1 nitrogen and oxygen atoms in total. The van der Waals surface area contributed by atoms with Gasteiger partial charge in [-0.1, -0.05) is 40.2 Å². The maximum atomic E-state index is 12.8. The fourth-order valence-corrected chi connectivity index (χ4v) is 2.32. The lowest BCUT2D eigenvalue weighted by Crippen LogP contribution is -1.85. The van der Waals surface area contributed by atoms with E-state index in [4.69, 9.17) is 0 Å². The van der Waals surface area contributed by atoms with Crippen LogP contribution in [0, 0.1) is 5.82 Å². The Morgan fingerprint density at radius 1 is 0.824 bits per heavy atom. The molecule has 0 aromatic heterocycles. The fraction of sp³-hybridized carbons (Fsp3) is 0.143. The quantitative estimate of drug-likeness (QED) is 0.831. The summed E-state index contributed by atoms with van der Waals surface area (Å²) in [4.78, 5) is 0. The van der Waals surface area contributed by atoms with Crippen LogP contribution in [0.5, 0.6) is 0 Å². The van der Waals surface area contributed by atoms with Gasteiger partial charge in [-0.15, -0.1) is 0 Å². The van der Waals surface area contributed by atoms with Gasteiger partial charge in [-0.25, -0.2) is 4.39 Å². The SMILES string of the molecule is Fc1ccc([C@@H]2N[C@H]2c2ccc(Br)cc2)cc1. The van der Waals surface area contributed by atoms with E-state index >= 15 is 0 Å². The maximum Gasteiger partial charge on any atom is 0.123 e. The molecule has 1 aliphatic rings. The minimum atomic E-state index is -0.186. The molecule has 2 aromatic rings. The Morgan fingerprint density at radius 2 is 1.29 bits per heavy atom. The topological polar surface area (TPSA) is 21.9 Å². The zero-order valence-electron chi connectivity index (χ0n) is 9.03. The van der Waals surface area contributed by atoms with Crippen LogP contribution in [-0.2, 0) is 0 Å². The van der Waals surface area contributed by atoms with Gasteiger partial charge in [-0.2, -0.15) is 0 Å². The van der Waals surface area contributed by atoms with Crippen LogP contribution < -0.4 is 5.32 Å². The van der Waals surface area contributed by atoms with Crippen molar-refractivity contribution in [1.29, 1.82) is 0 Å². The summed E-state index contributed by atoms with van der Waals surface area (Å²) < 4.78 is 13.9. The van der Waals surface area contributed by atoms with Crippen LogP contribution in [0.3, 0.4) is 0 Å². The molecule has 0 aliphatic carbocycles. The van der Waals surface area contributed by atoms with Crippen LogP contribution >= 0.6 is 15.9 Å². The van der Waals surface area contributed by atoms with Crippen LogP contribution in [0.1, 0.15) is 23.2 Å². The second-order valence-electron chi connectivity index (χ2n) is 4.23. The minimum absolute atomic E-state index is 0.186. The van der Waals surface area contributed by atoms with E-state index < -0.39 is 0 Å². The highest BCUT2D eigenvalue weighted by Gasteiger charge is 2.38. The monoisotopic (exact) mass is 291 g/mol. The van der Waals surface area contributed by atoms with Gasteiger partial charge in [0, 0.05) is 4.47 Å². The molecule has 0 unspecified atom stereocenters. The zero-order valence-corrected chi connectivity index (χ0v) is 10.6. The molecule has 2 atom stereocenters. The normalized spacial score (nSPS) is 22.5. The highest BCUT2D eigenvalue weighted by atomic mass is 79.9. The molecule has 0 spiro atoms. The molecular formula is C14H11BrFN. The van der Waals surface area contributed by atoms with Gasteiger partial charge in [0.15, 0.2) is 0 Å². The molecule has 2 aromatic carbocycles. The molecule has 1 heterocycles. The second kappa shape index (κ2) is 4.24. The Morgan fingerprint density at radius 3 is 1.82 bits per heavy atom. The van der Waals surface area contributed by atoms with Crippen molar-refractivity contribution in [2.24, 2.45) is 0 Å². The first-order chi connectivity index (χ1) is 8.24. The number of nitrogens with one attached hydrogen (secondary N) is 1. The largest absolute Gasteiger partial charge is 0.300 e. The van der Waals surface area contributed by atoms with Gasteiger partial charge in [0.05, 0.1) is 12.1 Å². The molecule has 1 saturated heterocycles. The van der Waals surface area contributed by atoms with Gasteiger partial charge in [-0.3, -0.25) is 5.32 Å². The van der Waals surface area contributed by atoms with Crippen molar-refractivity contribution in [3.63, 3.8) is 0 Å². The van der Waals surface area contributed by atoms with Crippen molar-refractivity contribution >= 4 is 15.9 Å². The van der Waals surface area contributed by atoms with Crippen molar-refractivity contribution < 1.29 is 4.39 Å². The first-order valence-corrected chi connectivity index (χ1v) is 6.30. The van der Waals surface area contributed by atoms with Gasteiger partial charge in [0.2, 0.25) is 0 Å². The summed E-state index contributed by atoms with van der Waals surface area (Å²) >= 11 is 3.42. The lowest BCUT2D eigenvalue weighted by Gasteiger charge is -1.99. The average Bonchev–Trinajstić information content (AvgIpc) is 3.11. The Labute approximate surface area is 108 Å². The van der Waals surface area contributed by atoms with Crippen molar-refractivity contribution in [3.8, 4) is 0 Å². The number of hydrogen-bond donors (Lipinski definition) is 1. The number of rotatable bonds is 2. The molecule has 1 fully saturated rings. The summed E-state index contributed by atoms with van der Waals surface area (Å²) in [5, 5.41) is 3.40. The molecule has 0 radical (unpaired) electrons. The smallest absolute Gasteiger partial charge is 0.123 e. The van der Waals surface area contributed by atoms with E-state index in [0.29, 0.717) is 12.1 Å². The average molecular weight is 292 g/mol. The Kier molecular flexibility index (Phi) is 2.73. The first-order valence-electron chi connectivity index (χ1n) is 5.51. The molecule has 1 N–H and O–H groups in total. The summed E-state index contributed by atoms with van der Waals surface area (Å²) in [6, 6.07) is 15.6. The van der Waals surface area contributed by atoms with E-state index in [9.17, 15) is 4.39 Å². The minimum Gasteiger partial charge on any atom is -0.300 e. The number of halogens is 2. The predicted molar refractivity (Wildman–Crippen MR) is 69.2 cm³/mol. The molecule has 86 valence electrons. The van der Waals surface area contributed by atoms with E-state index in [1.807, 2.05) is 24.3 Å². The van der Waals surface area contributed by atoms with E-state index in [1.54, 1.807) is 0 Å². The molecule has 3 heteroatoms. The summed E-state index contributed by atoms with van der Waals surface area (Å²) in [6.45, 7) is 0. The standard InChI is InChI=1S/C14H11BrFN/c15-11-5-1-9(2-6-11)13-14(17-13)10-3-7-12(16)8-4-10/h1-8,13-14,17H/t13-,14-/m0/s1. The van der Waals surface area contributed by atoms with Crippen molar-refractivity contribution in [1.82, 2.24) is 5.32 Å². The summed E-state index contributed by atoms with van der Waals surface area (Å²) in [5.41, 5.74) is 2.40. The number of hydrogen-bond acceptors (Lipinski definition) is 1. The lowest BCUT2D eigenvalue weighted by atomic mass is 10.0. The van der Waals surface area contributed by atoms with Crippen molar-refractivity contribution in [3.05, 3.63) is 69.9 Å². The predicted octanol–water partition coefficient (Wildman–Crippen LogP) is 3.97. The molecule has 0 amide bonds. The fourth-order valence-electron chi connectivity index (χ4n) is 2.06. The summed E-state index contributed by atoms with van der Waals surface area (Å²) in [7, 11) is 0.